The predicted octanol–water partition coefficient (Wildman–Crippen LogP) is 5.06. The van der Waals surface area contributed by atoms with Gasteiger partial charge in [0.25, 0.3) is 5.56 Å². The van der Waals surface area contributed by atoms with E-state index in [2.05, 4.69) is 83.2 Å². The molecule has 0 radical (unpaired) electrons. The first-order chi connectivity index (χ1) is 15.6. The Kier molecular flexibility index (Phi) is 5.27. The van der Waals surface area contributed by atoms with Crippen LogP contribution in [0.3, 0.4) is 0 Å². The van der Waals surface area contributed by atoms with E-state index in [1.54, 1.807) is 0 Å². The second kappa shape index (κ2) is 8.24. The molecule has 5 nitrogen and oxygen atoms in total. The molecule has 0 saturated heterocycles. The summed E-state index contributed by atoms with van der Waals surface area (Å²) in [6.07, 6.45) is 0. The molecule has 2 heterocycles. The fourth-order valence-electron chi connectivity index (χ4n) is 4.76. The van der Waals surface area contributed by atoms with Gasteiger partial charge in [-0.3, -0.25) is 4.79 Å². The van der Waals surface area contributed by atoms with Crippen LogP contribution in [-0.2, 0) is 6.54 Å². The van der Waals surface area contributed by atoms with E-state index < -0.39 is 0 Å². The van der Waals surface area contributed by atoms with E-state index in [-0.39, 0.29) is 17.5 Å². The van der Waals surface area contributed by atoms with Gasteiger partial charge in [0, 0.05) is 17.6 Å². The molecular formula is C27H28N4O. The molecular weight excluding hydrogens is 396 g/mol. The summed E-state index contributed by atoms with van der Waals surface area (Å²) in [5, 5.41) is 15.9. The van der Waals surface area contributed by atoms with Crippen LogP contribution in [0, 0.1) is 0 Å². The quantitative estimate of drug-likeness (QED) is 0.419. The van der Waals surface area contributed by atoms with E-state index in [1.807, 2.05) is 25.2 Å². The molecule has 5 heteroatoms. The molecule has 3 aromatic carbocycles. The van der Waals surface area contributed by atoms with Crippen LogP contribution >= 0.6 is 0 Å². The summed E-state index contributed by atoms with van der Waals surface area (Å²) in [5.41, 5.74) is 6.64. The third-order valence-corrected chi connectivity index (χ3v) is 6.46. The highest BCUT2D eigenvalue weighted by Gasteiger charge is 2.34. The van der Waals surface area contributed by atoms with E-state index in [0.29, 0.717) is 11.3 Å². The van der Waals surface area contributed by atoms with Crippen LogP contribution in [0.4, 0.5) is 5.69 Å². The minimum atomic E-state index is -0.156. The van der Waals surface area contributed by atoms with Gasteiger partial charge in [-0.25, -0.2) is 5.10 Å². The Labute approximate surface area is 187 Å². The Hall–Kier alpha value is -3.44. The summed E-state index contributed by atoms with van der Waals surface area (Å²) in [5.74, 6) is 0.447. The third-order valence-electron chi connectivity index (χ3n) is 6.46. The number of H-pyrrole nitrogens is 1. The summed E-state index contributed by atoms with van der Waals surface area (Å²) >= 11 is 0. The summed E-state index contributed by atoms with van der Waals surface area (Å²) in [6.45, 7) is 5.25. The van der Waals surface area contributed by atoms with Crippen LogP contribution in [0.5, 0.6) is 0 Å². The second-order valence-electron chi connectivity index (χ2n) is 8.86. The number of nitrogens with one attached hydrogen (secondary N) is 3. The zero-order chi connectivity index (χ0) is 22.2. The number of hydrogen-bond acceptors (Lipinski definition) is 4. The van der Waals surface area contributed by atoms with Gasteiger partial charge < -0.3 is 10.6 Å². The fourth-order valence-corrected chi connectivity index (χ4v) is 4.76. The average molecular weight is 425 g/mol. The Bertz CT molecular complexity index is 1310. The largest absolute Gasteiger partial charge is 0.377 e. The predicted molar refractivity (Wildman–Crippen MR) is 130 cm³/mol. The molecule has 1 aliphatic heterocycles. The zero-order valence-corrected chi connectivity index (χ0v) is 18.6. The number of rotatable bonds is 5. The molecule has 5 rings (SSSR count). The van der Waals surface area contributed by atoms with Crippen LogP contribution in [0.25, 0.3) is 10.8 Å². The van der Waals surface area contributed by atoms with Crippen molar-refractivity contribution in [2.24, 2.45) is 0 Å². The van der Waals surface area contributed by atoms with Gasteiger partial charge in [-0.1, -0.05) is 68.4 Å². The van der Waals surface area contributed by atoms with Gasteiger partial charge in [-0.15, -0.1) is 0 Å². The summed E-state index contributed by atoms with van der Waals surface area (Å²) < 4.78 is 0. The maximum Gasteiger partial charge on any atom is 0.272 e. The van der Waals surface area contributed by atoms with Gasteiger partial charge in [0.15, 0.2) is 0 Å². The van der Waals surface area contributed by atoms with Crippen molar-refractivity contribution in [3.63, 3.8) is 0 Å². The molecule has 4 aromatic rings. The van der Waals surface area contributed by atoms with Crippen molar-refractivity contribution < 1.29 is 0 Å². The lowest BCUT2D eigenvalue weighted by molar-refractivity contribution is 0.637. The van der Waals surface area contributed by atoms with Crippen molar-refractivity contribution in [1.82, 2.24) is 15.5 Å². The zero-order valence-electron chi connectivity index (χ0n) is 18.6. The van der Waals surface area contributed by atoms with E-state index >= 15 is 0 Å². The van der Waals surface area contributed by atoms with E-state index in [9.17, 15) is 4.79 Å². The van der Waals surface area contributed by atoms with Crippen molar-refractivity contribution in [1.29, 1.82) is 0 Å². The van der Waals surface area contributed by atoms with Crippen molar-refractivity contribution in [3.8, 4) is 0 Å². The monoisotopic (exact) mass is 424 g/mol. The molecule has 0 spiro atoms. The topological polar surface area (TPSA) is 69.8 Å². The molecule has 162 valence electrons. The molecule has 0 saturated carbocycles. The van der Waals surface area contributed by atoms with Crippen LogP contribution in [0.15, 0.2) is 71.5 Å². The molecule has 2 atom stereocenters. The number of benzene rings is 3. The maximum absolute atomic E-state index is 12.5. The number of anilines is 1. The average Bonchev–Trinajstić information content (AvgIpc) is 2.82. The summed E-state index contributed by atoms with van der Waals surface area (Å²) in [7, 11) is 1.96. The molecule has 1 aliphatic rings. The molecule has 32 heavy (non-hydrogen) atoms. The number of aromatic nitrogens is 2. The van der Waals surface area contributed by atoms with Gasteiger partial charge in [0.1, 0.15) is 0 Å². The van der Waals surface area contributed by atoms with Crippen molar-refractivity contribution in [3.05, 3.63) is 105 Å². The van der Waals surface area contributed by atoms with E-state index in [1.165, 1.54) is 22.3 Å². The molecule has 0 aliphatic carbocycles. The van der Waals surface area contributed by atoms with Gasteiger partial charge in [-0.2, -0.15) is 5.10 Å². The minimum Gasteiger partial charge on any atom is -0.377 e. The van der Waals surface area contributed by atoms with E-state index in [0.717, 1.165) is 23.3 Å². The Morgan fingerprint density at radius 3 is 2.38 bits per heavy atom. The van der Waals surface area contributed by atoms with Gasteiger partial charge in [0.2, 0.25) is 0 Å². The van der Waals surface area contributed by atoms with Crippen LogP contribution in [0.2, 0.25) is 0 Å². The van der Waals surface area contributed by atoms with Crippen molar-refractivity contribution >= 4 is 16.5 Å². The smallest absolute Gasteiger partial charge is 0.272 e. The van der Waals surface area contributed by atoms with Crippen LogP contribution in [0.1, 0.15) is 59.7 Å². The first kappa shape index (κ1) is 20.5. The number of nitrogens with zero attached hydrogens (tertiary/aromatic N) is 1. The molecule has 0 fully saturated rings. The lowest BCUT2D eigenvalue weighted by Gasteiger charge is -2.35. The van der Waals surface area contributed by atoms with Crippen LogP contribution in [-0.4, -0.2) is 17.2 Å². The van der Waals surface area contributed by atoms with Crippen LogP contribution < -0.4 is 16.2 Å². The SMILES string of the molecule is CNCc1ccc(C2Nc3cccc4c(=O)[nH]nc(c34)C2c2ccc(C(C)C)cc2)cc1. The highest BCUT2D eigenvalue weighted by atomic mass is 16.1. The minimum absolute atomic E-state index is 0.0000350. The van der Waals surface area contributed by atoms with Gasteiger partial charge in [-0.05, 0) is 47.4 Å². The first-order valence-electron chi connectivity index (χ1n) is 11.2. The molecule has 1 aromatic heterocycles. The number of aromatic amines is 1. The molecule has 0 amide bonds. The first-order valence-corrected chi connectivity index (χ1v) is 11.2. The highest BCUT2D eigenvalue weighted by Crippen LogP contribution is 2.46. The summed E-state index contributed by atoms with van der Waals surface area (Å²) in [4.78, 5) is 12.5. The van der Waals surface area contributed by atoms with Gasteiger partial charge in [0.05, 0.1) is 23.0 Å². The maximum atomic E-state index is 12.5. The number of hydrogen-bond donors (Lipinski definition) is 3. The van der Waals surface area contributed by atoms with Gasteiger partial charge >= 0.3 is 0 Å². The van der Waals surface area contributed by atoms with Crippen molar-refractivity contribution in [2.75, 3.05) is 12.4 Å². The molecule has 2 unspecified atom stereocenters. The lowest BCUT2D eigenvalue weighted by atomic mass is 9.79. The van der Waals surface area contributed by atoms with Crippen molar-refractivity contribution in [2.45, 2.75) is 38.3 Å². The standard InChI is InChI=1S/C27H28N4O/c1-16(2)18-11-13-19(14-12-18)23-25(20-9-7-17(8-10-20)15-28-3)29-22-6-4-5-21-24(22)26(23)30-31-27(21)32/h4-14,16,23,25,28-29H,15H2,1-3H3,(H,31,32). The fraction of sp³-hybridized carbons (Fsp3) is 0.259. The second-order valence-corrected chi connectivity index (χ2v) is 8.86. The Morgan fingerprint density at radius 1 is 0.969 bits per heavy atom. The summed E-state index contributed by atoms with van der Waals surface area (Å²) in [6, 6.07) is 23.4. The van der Waals surface area contributed by atoms with E-state index in [4.69, 9.17) is 0 Å². The Morgan fingerprint density at radius 2 is 1.69 bits per heavy atom. The normalized spacial score (nSPS) is 17.5. The third kappa shape index (κ3) is 3.49. The lowest BCUT2D eigenvalue weighted by Crippen LogP contribution is -2.28. The Balaban J connectivity index is 1.68. The highest BCUT2D eigenvalue weighted by molar-refractivity contribution is 5.97. The molecule has 0 bridgehead atoms. The molecule has 3 N–H and O–H groups in total.